The Labute approximate surface area is 156 Å². The van der Waals surface area contributed by atoms with Gasteiger partial charge in [0, 0.05) is 16.0 Å². The van der Waals surface area contributed by atoms with E-state index in [1.165, 1.54) is 24.6 Å². The number of nitrogens with one attached hydrogen (secondary N) is 1. The highest BCUT2D eigenvalue weighted by atomic mass is 35.5. The summed E-state index contributed by atoms with van der Waals surface area (Å²) in [7, 11) is 0. The summed E-state index contributed by atoms with van der Waals surface area (Å²) in [6, 6.07) is 5.26. The monoisotopic (exact) mass is 389 g/mol. The topological polar surface area (TPSA) is 55.4 Å². The van der Waals surface area contributed by atoms with E-state index in [4.69, 9.17) is 27.9 Å². The maximum Gasteiger partial charge on any atom is 0.316 e. The van der Waals surface area contributed by atoms with Crippen molar-refractivity contribution in [1.29, 1.82) is 0 Å². The van der Waals surface area contributed by atoms with Gasteiger partial charge in [-0.05, 0) is 31.0 Å². The van der Waals surface area contributed by atoms with Crippen LogP contribution in [0.1, 0.15) is 38.5 Å². The summed E-state index contributed by atoms with van der Waals surface area (Å²) in [5, 5.41) is 4.03. The molecule has 24 heavy (non-hydrogen) atoms. The molecule has 0 aromatic heterocycles. The van der Waals surface area contributed by atoms with Crippen molar-refractivity contribution in [2.75, 3.05) is 12.4 Å². The predicted octanol–water partition coefficient (Wildman–Crippen LogP) is 4.47. The lowest BCUT2D eigenvalue weighted by Gasteiger charge is -2.16. The molecule has 1 aliphatic carbocycles. The van der Waals surface area contributed by atoms with Gasteiger partial charge < -0.3 is 10.1 Å². The standard InChI is InChI=1S/C17H21Cl2NO3S/c18-12-7-8-14(19)15(9-12)24-11-17(22)23-10-16(21)20-13-5-3-1-2-4-6-13/h7-9,13H,1-6,10-11H2,(H,20,21). The van der Waals surface area contributed by atoms with Gasteiger partial charge in [0.15, 0.2) is 6.61 Å². The molecule has 0 bridgehead atoms. The molecule has 0 atom stereocenters. The van der Waals surface area contributed by atoms with Crippen LogP contribution in [0.25, 0.3) is 0 Å². The Morgan fingerprint density at radius 1 is 1.17 bits per heavy atom. The molecule has 132 valence electrons. The van der Waals surface area contributed by atoms with Crippen LogP contribution < -0.4 is 5.32 Å². The Bertz CT molecular complexity index is 575. The van der Waals surface area contributed by atoms with Crippen molar-refractivity contribution in [3.8, 4) is 0 Å². The third kappa shape index (κ3) is 6.91. The van der Waals surface area contributed by atoms with E-state index in [1.807, 2.05) is 0 Å². The molecule has 0 heterocycles. The zero-order chi connectivity index (χ0) is 17.4. The lowest BCUT2D eigenvalue weighted by molar-refractivity contribution is -0.146. The van der Waals surface area contributed by atoms with Gasteiger partial charge in [0.2, 0.25) is 0 Å². The van der Waals surface area contributed by atoms with Gasteiger partial charge in [0.1, 0.15) is 0 Å². The molecular weight excluding hydrogens is 369 g/mol. The normalized spacial score (nSPS) is 15.6. The Kier molecular flexibility index (Phi) is 8.22. The highest BCUT2D eigenvalue weighted by Crippen LogP contribution is 2.29. The van der Waals surface area contributed by atoms with Gasteiger partial charge in [-0.15, -0.1) is 11.8 Å². The van der Waals surface area contributed by atoms with Crippen LogP contribution in [-0.4, -0.2) is 30.3 Å². The fraction of sp³-hybridized carbons (Fsp3) is 0.529. The summed E-state index contributed by atoms with van der Waals surface area (Å²) in [4.78, 5) is 24.3. The van der Waals surface area contributed by atoms with E-state index in [2.05, 4.69) is 5.32 Å². The number of thioether (sulfide) groups is 1. The van der Waals surface area contributed by atoms with Gasteiger partial charge >= 0.3 is 5.97 Å². The van der Waals surface area contributed by atoms with Crippen molar-refractivity contribution in [2.24, 2.45) is 0 Å². The Hall–Kier alpha value is -0.910. The second-order valence-electron chi connectivity index (χ2n) is 5.78. The van der Waals surface area contributed by atoms with Gasteiger partial charge in [-0.25, -0.2) is 0 Å². The third-order valence-electron chi connectivity index (χ3n) is 3.82. The van der Waals surface area contributed by atoms with Crippen molar-refractivity contribution in [3.05, 3.63) is 28.2 Å². The summed E-state index contributed by atoms with van der Waals surface area (Å²) in [6.45, 7) is -0.237. The minimum Gasteiger partial charge on any atom is -0.455 e. The molecular formula is C17H21Cl2NO3S. The fourth-order valence-electron chi connectivity index (χ4n) is 2.61. The molecule has 0 aliphatic heterocycles. The molecule has 1 fully saturated rings. The fourth-order valence-corrected chi connectivity index (χ4v) is 3.90. The molecule has 2 rings (SSSR count). The van der Waals surface area contributed by atoms with Crippen LogP contribution in [0.5, 0.6) is 0 Å². The maximum absolute atomic E-state index is 11.9. The van der Waals surface area contributed by atoms with Crippen LogP contribution in [-0.2, 0) is 14.3 Å². The molecule has 1 N–H and O–H groups in total. The molecule has 7 heteroatoms. The molecule has 0 saturated heterocycles. The summed E-state index contributed by atoms with van der Waals surface area (Å²) < 4.78 is 5.02. The summed E-state index contributed by atoms with van der Waals surface area (Å²) in [5.74, 6) is -0.607. The van der Waals surface area contributed by atoms with Crippen LogP contribution in [0, 0.1) is 0 Å². The van der Waals surface area contributed by atoms with Crippen molar-refractivity contribution in [1.82, 2.24) is 5.32 Å². The van der Waals surface area contributed by atoms with E-state index >= 15 is 0 Å². The Balaban J connectivity index is 1.68. The number of rotatable bonds is 6. The van der Waals surface area contributed by atoms with Crippen LogP contribution >= 0.6 is 35.0 Å². The van der Waals surface area contributed by atoms with Crippen molar-refractivity contribution >= 4 is 46.8 Å². The van der Waals surface area contributed by atoms with Crippen molar-refractivity contribution in [3.63, 3.8) is 0 Å². The quantitative estimate of drug-likeness (QED) is 0.443. The van der Waals surface area contributed by atoms with E-state index in [0.717, 1.165) is 25.7 Å². The first-order valence-electron chi connectivity index (χ1n) is 8.07. The third-order valence-corrected chi connectivity index (χ3v) is 5.53. The lowest BCUT2D eigenvalue weighted by Crippen LogP contribution is -2.37. The number of amides is 1. The van der Waals surface area contributed by atoms with Gasteiger partial charge in [-0.3, -0.25) is 9.59 Å². The smallest absolute Gasteiger partial charge is 0.316 e. The molecule has 0 unspecified atom stereocenters. The first kappa shape index (κ1) is 19.4. The predicted molar refractivity (Wildman–Crippen MR) is 97.8 cm³/mol. The number of hydrogen-bond donors (Lipinski definition) is 1. The van der Waals surface area contributed by atoms with Crippen molar-refractivity contribution < 1.29 is 14.3 Å². The number of carbonyl (C=O) groups is 2. The van der Waals surface area contributed by atoms with Crippen LogP contribution in [0.3, 0.4) is 0 Å². The summed E-state index contributed by atoms with van der Waals surface area (Å²) in [6.07, 6.45) is 6.74. The second kappa shape index (κ2) is 10.2. The molecule has 0 radical (unpaired) electrons. The van der Waals surface area contributed by atoms with Crippen molar-refractivity contribution in [2.45, 2.75) is 49.5 Å². The number of carbonyl (C=O) groups excluding carboxylic acids is 2. The maximum atomic E-state index is 11.9. The van der Waals surface area contributed by atoms with Crippen LogP contribution in [0.4, 0.5) is 0 Å². The van der Waals surface area contributed by atoms with Gasteiger partial charge in [0.25, 0.3) is 5.91 Å². The first-order chi connectivity index (χ1) is 11.5. The van der Waals surface area contributed by atoms with Crippen LogP contribution in [0.15, 0.2) is 23.1 Å². The molecule has 1 saturated carbocycles. The largest absolute Gasteiger partial charge is 0.455 e. The SMILES string of the molecule is O=C(COC(=O)CSc1cc(Cl)ccc1Cl)NC1CCCCCC1. The molecule has 1 aromatic rings. The number of esters is 1. The Morgan fingerprint density at radius 3 is 2.58 bits per heavy atom. The molecule has 4 nitrogen and oxygen atoms in total. The van der Waals surface area contributed by atoms with Gasteiger partial charge in [-0.2, -0.15) is 0 Å². The van der Waals surface area contributed by atoms with E-state index in [0.29, 0.717) is 14.9 Å². The van der Waals surface area contributed by atoms with Gasteiger partial charge in [0.05, 0.1) is 10.8 Å². The van der Waals surface area contributed by atoms with E-state index in [-0.39, 0.29) is 24.3 Å². The van der Waals surface area contributed by atoms with E-state index < -0.39 is 5.97 Å². The number of hydrogen-bond acceptors (Lipinski definition) is 4. The number of benzene rings is 1. The van der Waals surface area contributed by atoms with E-state index in [1.54, 1.807) is 18.2 Å². The highest BCUT2D eigenvalue weighted by molar-refractivity contribution is 8.00. The molecule has 0 spiro atoms. The minimum absolute atomic E-state index is 0.0801. The summed E-state index contributed by atoms with van der Waals surface area (Å²) in [5.41, 5.74) is 0. The average molecular weight is 390 g/mol. The minimum atomic E-state index is -0.452. The zero-order valence-corrected chi connectivity index (χ0v) is 15.7. The first-order valence-corrected chi connectivity index (χ1v) is 9.81. The lowest BCUT2D eigenvalue weighted by atomic mass is 10.1. The summed E-state index contributed by atoms with van der Waals surface area (Å²) >= 11 is 13.2. The average Bonchev–Trinajstić information content (AvgIpc) is 2.82. The van der Waals surface area contributed by atoms with Gasteiger partial charge in [-0.1, -0.05) is 48.9 Å². The molecule has 1 aromatic carbocycles. The number of halogens is 2. The molecule has 1 aliphatic rings. The second-order valence-corrected chi connectivity index (χ2v) is 7.64. The highest BCUT2D eigenvalue weighted by Gasteiger charge is 2.16. The van der Waals surface area contributed by atoms with Crippen LogP contribution in [0.2, 0.25) is 10.0 Å². The Morgan fingerprint density at radius 2 is 1.88 bits per heavy atom. The van der Waals surface area contributed by atoms with E-state index in [9.17, 15) is 9.59 Å². The zero-order valence-electron chi connectivity index (χ0n) is 13.4. The number of ether oxygens (including phenoxy) is 1. The molecule has 1 amide bonds.